The molecule has 7 rings (SSSR count). The van der Waals surface area contributed by atoms with E-state index in [0.29, 0.717) is 22.9 Å². The largest absolute Gasteiger partial charge is 0.337 e. The number of aromatic nitrogens is 6. The van der Waals surface area contributed by atoms with E-state index < -0.39 is 0 Å². The molecule has 6 aromatic rings. The van der Waals surface area contributed by atoms with Crippen LogP contribution in [0.2, 0.25) is 0 Å². The van der Waals surface area contributed by atoms with E-state index in [1.54, 1.807) is 24.7 Å². The van der Waals surface area contributed by atoms with Gasteiger partial charge in [0.2, 0.25) is 5.91 Å². The number of carbonyl (C=O) groups is 1. The van der Waals surface area contributed by atoms with E-state index in [1.165, 1.54) is 18.6 Å². The van der Waals surface area contributed by atoms with Crippen molar-refractivity contribution in [3.8, 4) is 33.9 Å². The van der Waals surface area contributed by atoms with Crippen molar-refractivity contribution in [1.29, 1.82) is 0 Å². The van der Waals surface area contributed by atoms with Crippen molar-refractivity contribution in [1.82, 2.24) is 30.1 Å². The second-order valence-electron chi connectivity index (χ2n) is 10.3. The summed E-state index contributed by atoms with van der Waals surface area (Å²) >= 11 is 0. The quantitative estimate of drug-likeness (QED) is 0.224. The summed E-state index contributed by atoms with van der Waals surface area (Å²) in [5, 5.41) is 11.5. The Morgan fingerprint density at radius 3 is 2.67 bits per heavy atom. The van der Waals surface area contributed by atoms with Gasteiger partial charge in [-0.05, 0) is 48.7 Å². The predicted molar refractivity (Wildman–Crippen MR) is 153 cm³/mol. The Labute approximate surface area is 229 Å². The number of fused-ring (bicyclic) bond motifs is 2. The minimum Gasteiger partial charge on any atom is -0.337 e. The summed E-state index contributed by atoms with van der Waals surface area (Å²) in [5.74, 6) is 0.414. The minimum atomic E-state index is -0.296. The van der Waals surface area contributed by atoms with Crippen LogP contribution in [0, 0.1) is 11.7 Å². The lowest BCUT2D eigenvalue weighted by atomic mass is 9.88. The fourth-order valence-electron chi connectivity index (χ4n) is 5.55. The van der Waals surface area contributed by atoms with Crippen molar-refractivity contribution in [2.45, 2.75) is 32.1 Å². The van der Waals surface area contributed by atoms with Crippen LogP contribution in [-0.4, -0.2) is 36.0 Å². The summed E-state index contributed by atoms with van der Waals surface area (Å²) in [6.07, 6.45) is 10.4. The number of anilines is 1. The number of hydrogen-bond acceptors (Lipinski definition) is 5. The van der Waals surface area contributed by atoms with Crippen LogP contribution in [0.15, 0.2) is 73.2 Å². The summed E-state index contributed by atoms with van der Waals surface area (Å²) in [4.78, 5) is 30.0. The molecule has 3 N–H and O–H groups in total. The molecule has 0 aliphatic heterocycles. The number of amides is 1. The zero-order valence-electron chi connectivity index (χ0n) is 21.6. The lowest BCUT2D eigenvalue weighted by Gasteiger charge is -2.20. The van der Waals surface area contributed by atoms with Crippen LogP contribution in [-0.2, 0) is 4.79 Å². The van der Waals surface area contributed by atoms with Gasteiger partial charge in [-0.2, -0.15) is 5.10 Å². The Bertz CT molecular complexity index is 1870. The molecular weight excluding hydrogens is 505 g/mol. The van der Waals surface area contributed by atoms with E-state index in [1.807, 2.05) is 36.4 Å². The molecule has 9 heteroatoms. The molecule has 1 saturated carbocycles. The van der Waals surface area contributed by atoms with Gasteiger partial charge >= 0.3 is 0 Å². The number of hydrogen-bond donors (Lipinski definition) is 3. The highest BCUT2D eigenvalue weighted by atomic mass is 19.1. The maximum Gasteiger partial charge on any atom is 0.227 e. The molecule has 4 heterocycles. The van der Waals surface area contributed by atoms with Gasteiger partial charge < -0.3 is 10.3 Å². The first-order valence-electron chi connectivity index (χ1n) is 13.5. The van der Waals surface area contributed by atoms with Gasteiger partial charge in [-0.25, -0.2) is 9.37 Å². The molecule has 4 aromatic heterocycles. The Morgan fingerprint density at radius 2 is 1.80 bits per heavy atom. The molecular formula is C31H26FN7O. The van der Waals surface area contributed by atoms with E-state index >= 15 is 0 Å². The molecule has 0 bridgehead atoms. The number of aromatic amines is 2. The third kappa shape index (κ3) is 4.49. The van der Waals surface area contributed by atoms with Crippen molar-refractivity contribution in [2.75, 3.05) is 5.32 Å². The van der Waals surface area contributed by atoms with E-state index in [9.17, 15) is 9.18 Å². The van der Waals surface area contributed by atoms with Crippen LogP contribution in [0.3, 0.4) is 0 Å². The number of H-pyrrole nitrogens is 2. The summed E-state index contributed by atoms with van der Waals surface area (Å²) in [6, 6.07) is 16.1. The van der Waals surface area contributed by atoms with E-state index in [2.05, 4.69) is 30.5 Å². The molecule has 1 amide bonds. The SMILES string of the molecule is O=C(Nc1cncc(-c2cc3c(-c4nc5c(-c6cccc(F)c6)cccc5[nH]4)n[nH]c3cn2)c1)C1CCCCC1. The lowest BCUT2D eigenvalue weighted by molar-refractivity contribution is -0.120. The molecule has 8 nitrogen and oxygen atoms in total. The van der Waals surface area contributed by atoms with Crippen LogP contribution in [0.1, 0.15) is 32.1 Å². The molecule has 1 aliphatic rings. The zero-order chi connectivity index (χ0) is 27.1. The average Bonchev–Trinajstić information content (AvgIpc) is 3.61. The molecule has 40 heavy (non-hydrogen) atoms. The standard InChI is InChI=1S/C31H26FN7O/c32-21-9-4-8-19(12-21)23-10-5-11-25-28(23)37-30(36-25)29-24-14-26(34-17-27(24)38-39-29)20-13-22(16-33-15-20)35-31(40)18-6-2-1-3-7-18/h4-5,8-18H,1-3,6-7H2,(H,35,40)(H,36,37)(H,38,39). The van der Waals surface area contributed by atoms with E-state index in [4.69, 9.17) is 4.98 Å². The molecule has 2 aromatic carbocycles. The maximum atomic E-state index is 13.9. The molecule has 198 valence electrons. The van der Waals surface area contributed by atoms with Crippen LogP contribution in [0.5, 0.6) is 0 Å². The van der Waals surface area contributed by atoms with Gasteiger partial charge in [-0.15, -0.1) is 0 Å². The molecule has 0 saturated heterocycles. The zero-order valence-corrected chi connectivity index (χ0v) is 21.6. The second kappa shape index (κ2) is 10.00. The second-order valence-corrected chi connectivity index (χ2v) is 10.3. The number of halogens is 1. The van der Waals surface area contributed by atoms with Crippen LogP contribution in [0.4, 0.5) is 10.1 Å². The fraction of sp³-hybridized carbons (Fsp3) is 0.194. The van der Waals surface area contributed by atoms with Gasteiger partial charge in [0.05, 0.1) is 40.3 Å². The van der Waals surface area contributed by atoms with Crippen LogP contribution in [0.25, 0.3) is 55.8 Å². The first-order valence-corrected chi connectivity index (χ1v) is 13.5. The monoisotopic (exact) mass is 531 g/mol. The van der Waals surface area contributed by atoms with Gasteiger partial charge in [0.1, 0.15) is 11.5 Å². The van der Waals surface area contributed by atoms with Crippen molar-refractivity contribution in [3.05, 3.63) is 79.0 Å². The molecule has 0 radical (unpaired) electrons. The Kier molecular flexibility index (Phi) is 6.03. The number of nitrogens with zero attached hydrogens (tertiary/aromatic N) is 4. The Hall–Kier alpha value is -4.92. The van der Waals surface area contributed by atoms with Crippen molar-refractivity contribution < 1.29 is 9.18 Å². The molecule has 0 unspecified atom stereocenters. The van der Waals surface area contributed by atoms with Gasteiger partial charge in [-0.1, -0.05) is 43.5 Å². The van der Waals surface area contributed by atoms with Crippen molar-refractivity contribution in [3.63, 3.8) is 0 Å². The van der Waals surface area contributed by atoms with Crippen LogP contribution >= 0.6 is 0 Å². The first kappa shape index (κ1) is 24.1. The first-order chi connectivity index (χ1) is 19.6. The van der Waals surface area contributed by atoms with Gasteiger partial charge in [-0.3, -0.25) is 19.9 Å². The summed E-state index contributed by atoms with van der Waals surface area (Å²) in [6.45, 7) is 0. The topological polar surface area (TPSA) is 112 Å². The van der Waals surface area contributed by atoms with Gasteiger partial charge in [0.15, 0.2) is 5.82 Å². The lowest BCUT2D eigenvalue weighted by Crippen LogP contribution is -2.24. The highest BCUT2D eigenvalue weighted by Crippen LogP contribution is 2.33. The summed E-state index contributed by atoms with van der Waals surface area (Å²) in [7, 11) is 0. The predicted octanol–water partition coefficient (Wildman–Crippen LogP) is 6.89. The average molecular weight is 532 g/mol. The third-order valence-electron chi connectivity index (χ3n) is 7.60. The van der Waals surface area contributed by atoms with Crippen molar-refractivity contribution >= 4 is 33.5 Å². The summed E-state index contributed by atoms with van der Waals surface area (Å²) < 4.78 is 13.9. The van der Waals surface area contributed by atoms with Gasteiger partial charge in [0, 0.05) is 28.6 Å². The molecule has 1 aliphatic carbocycles. The minimum absolute atomic E-state index is 0.0571. The third-order valence-corrected chi connectivity index (χ3v) is 7.60. The molecule has 0 spiro atoms. The van der Waals surface area contributed by atoms with E-state index in [0.717, 1.165) is 64.3 Å². The fourth-order valence-corrected chi connectivity index (χ4v) is 5.55. The number of para-hydroxylation sites is 1. The number of imidazole rings is 1. The molecule has 1 fully saturated rings. The smallest absolute Gasteiger partial charge is 0.227 e. The highest BCUT2D eigenvalue weighted by Gasteiger charge is 2.21. The van der Waals surface area contributed by atoms with Gasteiger partial charge in [0.25, 0.3) is 0 Å². The normalized spacial score (nSPS) is 14.1. The number of carbonyl (C=O) groups excluding carboxylic acids is 1. The Balaban J connectivity index is 1.23. The Morgan fingerprint density at radius 1 is 0.925 bits per heavy atom. The number of benzene rings is 2. The number of nitrogens with one attached hydrogen (secondary N) is 3. The summed E-state index contributed by atoms with van der Waals surface area (Å²) in [5.41, 5.74) is 6.71. The highest BCUT2D eigenvalue weighted by molar-refractivity contribution is 5.98. The van der Waals surface area contributed by atoms with E-state index in [-0.39, 0.29) is 17.6 Å². The number of rotatable bonds is 5. The molecule has 0 atom stereocenters. The number of pyridine rings is 2. The van der Waals surface area contributed by atoms with Crippen LogP contribution < -0.4 is 5.32 Å². The maximum absolute atomic E-state index is 13.9. The van der Waals surface area contributed by atoms with Crippen molar-refractivity contribution in [2.24, 2.45) is 5.92 Å².